The van der Waals surface area contributed by atoms with Crippen LogP contribution in [0.5, 0.6) is 0 Å². The quantitative estimate of drug-likeness (QED) is 0.398. The van der Waals surface area contributed by atoms with Gasteiger partial charge in [0, 0.05) is 55.4 Å². The average Bonchev–Trinajstić information content (AvgIpc) is 3.37. The number of anilines is 3. The third-order valence-electron chi connectivity index (χ3n) is 6.47. The lowest BCUT2D eigenvalue weighted by Gasteiger charge is -2.33. The van der Waals surface area contributed by atoms with Gasteiger partial charge in [-0.2, -0.15) is 0 Å². The molecule has 2 heterocycles. The predicted molar refractivity (Wildman–Crippen MR) is 134 cm³/mol. The molecule has 2 aliphatic rings. The molecule has 0 saturated carbocycles. The Labute approximate surface area is 204 Å². The molecule has 0 spiro atoms. The fourth-order valence-electron chi connectivity index (χ4n) is 4.39. The molecule has 3 amide bonds. The molecular weight excluding hydrogens is 450 g/mol. The number of hydrogen-bond acceptors (Lipinski definition) is 6. The highest BCUT2D eigenvalue weighted by Crippen LogP contribution is 2.29. The van der Waals surface area contributed by atoms with Crippen LogP contribution >= 0.6 is 0 Å². The molecule has 2 fully saturated rings. The molecule has 10 nitrogen and oxygen atoms in total. The van der Waals surface area contributed by atoms with Crippen LogP contribution in [0.1, 0.15) is 43.0 Å². The number of nitrogens with one attached hydrogen (secondary N) is 3. The van der Waals surface area contributed by atoms with E-state index in [0.29, 0.717) is 29.4 Å². The standard InChI is InChI=1S/C25H31N5O5/c1-17-10-12-29(13-11-17)23-9-6-19(15-22(23)24(31)26-16-21-3-2-14-35-21)28-25(32)27-18-4-7-20(8-5-18)30(33)34/h4-9,15,17,21H,2-3,10-14,16H2,1H3,(H,26,31)(H2,27,28,32). The molecule has 1 unspecified atom stereocenters. The van der Waals surface area contributed by atoms with Gasteiger partial charge in [0.05, 0.1) is 16.6 Å². The molecule has 10 heteroatoms. The highest BCUT2D eigenvalue weighted by Gasteiger charge is 2.23. The van der Waals surface area contributed by atoms with Crippen LogP contribution in [0, 0.1) is 16.0 Å². The number of nitrogens with zero attached hydrogens (tertiary/aromatic N) is 2. The number of nitro groups is 1. The Morgan fingerprint density at radius 1 is 1.06 bits per heavy atom. The van der Waals surface area contributed by atoms with Gasteiger partial charge in [-0.1, -0.05) is 6.92 Å². The van der Waals surface area contributed by atoms with Gasteiger partial charge in [0.15, 0.2) is 0 Å². The second-order valence-electron chi connectivity index (χ2n) is 9.13. The second-order valence-corrected chi connectivity index (χ2v) is 9.13. The number of benzene rings is 2. The molecule has 0 aliphatic carbocycles. The van der Waals surface area contributed by atoms with Crippen LogP contribution in [0.25, 0.3) is 0 Å². The predicted octanol–water partition coefficient (Wildman–Crippen LogP) is 4.38. The molecule has 2 aromatic carbocycles. The van der Waals surface area contributed by atoms with Crippen LogP contribution in [-0.2, 0) is 4.74 Å². The van der Waals surface area contributed by atoms with Crippen LogP contribution in [0.2, 0.25) is 0 Å². The number of nitro benzene ring substituents is 1. The largest absolute Gasteiger partial charge is 0.376 e. The van der Waals surface area contributed by atoms with Crippen LogP contribution in [0.3, 0.4) is 0 Å². The summed E-state index contributed by atoms with van der Waals surface area (Å²) < 4.78 is 5.62. The molecular formula is C25H31N5O5. The Hall–Kier alpha value is -3.66. The van der Waals surface area contributed by atoms with E-state index in [0.717, 1.165) is 51.1 Å². The highest BCUT2D eigenvalue weighted by atomic mass is 16.6. The zero-order valence-corrected chi connectivity index (χ0v) is 19.8. The summed E-state index contributed by atoms with van der Waals surface area (Å²) in [5.41, 5.74) is 2.19. The van der Waals surface area contributed by atoms with Crippen molar-refractivity contribution in [3.05, 3.63) is 58.1 Å². The van der Waals surface area contributed by atoms with Gasteiger partial charge < -0.3 is 25.6 Å². The number of non-ortho nitro benzene ring substituents is 1. The minimum Gasteiger partial charge on any atom is -0.376 e. The van der Waals surface area contributed by atoms with Gasteiger partial charge in [-0.25, -0.2) is 4.79 Å². The van der Waals surface area contributed by atoms with Gasteiger partial charge in [-0.05, 0) is 61.9 Å². The number of piperidine rings is 1. The lowest BCUT2D eigenvalue weighted by atomic mass is 9.97. The maximum atomic E-state index is 13.2. The first-order chi connectivity index (χ1) is 16.9. The second kappa shape index (κ2) is 11.2. The van der Waals surface area contributed by atoms with Crippen molar-refractivity contribution in [2.24, 2.45) is 5.92 Å². The normalized spacial score (nSPS) is 18.2. The van der Waals surface area contributed by atoms with E-state index in [9.17, 15) is 19.7 Å². The maximum Gasteiger partial charge on any atom is 0.323 e. The van der Waals surface area contributed by atoms with E-state index in [2.05, 4.69) is 27.8 Å². The first-order valence-corrected chi connectivity index (χ1v) is 12.0. The SMILES string of the molecule is CC1CCN(c2ccc(NC(=O)Nc3ccc([N+](=O)[O-])cc3)cc2C(=O)NCC2CCCO2)CC1. The summed E-state index contributed by atoms with van der Waals surface area (Å²) in [7, 11) is 0. The summed E-state index contributed by atoms with van der Waals surface area (Å²) in [5, 5.41) is 19.2. The number of carbonyl (C=O) groups excluding carboxylic acids is 2. The molecule has 2 aliphatic heterocycles. The zero-order valence-electron chi connectivity index (χ0n) is 19.8. The van der Waals surface area contributed by atoms with Crippen LogP contribution in [-0.4, -0.2) is 49.2 Å². The minimum absolute atomic E-state index is 0.0343. The Bertz CT molecular complexity index is 1060. The minimum atomic E-state index is -0.510. The van der Waals surface area contributed by atoms with E-state index in [4.69, 9.17) is 4.74 Å². The van der Waals surface area contributed by atoms with Crippen molar-refractivity contribution in [1.29, 1.82) is 0 Å². The third-order valence-corrected chi connectivity index (χ3v) is 6.47. The Morgan fingerprint density at radius 2 is 1.74 bits per heavy atom. The molecule has 4 rings (SSSR count). The fourth-order valence-corrected chi connectivity index (χ4v) is 4.39. The molecule has 186 valence electrons. The van der Waals surface area contributed by atoms with E-state index in [1.165, 1.54) is 24.3 Å². The smallest absolute Gasteiger partial charge is 0.323 e. The summed E-state index contributed by atoms with van der Waals surface area (Å²) in [4.78, 5) is 38.2. The van der Waals surface area contributed by atoms with Crippen molar-refractivity contribution < 1.29 is 19.2 Å². The molecule has 1 atom stereocenters. The summed E-state index contributed by atoms with van der Waals surface area (Å²) in [6.07, 6.45) is 4.10. The molecule has 0 radical (unpaired) electrons. The first-order valence-electron chi connectivity index (χ1n) is 12.0. The summed E-state index contributed by atoms with van der Waals surface area (Å²) >= 11 is 0. The zero-order chi connectivity index (χ0) is 24.8. The molecule has 3 N–H and O–H groups in total. The number of carbonyl (C=O) groups is 2. The summed E-state index contributed by atoms with van der Waals surface area (Å²) in [5.74, 6) is 0.459. The van der Waals surface area contributed by atoms with E-state index in [1.807, 2.05) is 6.07 Å². The van der Waals surface area contributed by atoms with Gasteiger partial charge >= 0.3 is 6.03 Å². The van der Waals surface area contributed by atoms with Crippen molar-refractivity contribution >= 4 is 34.7 Å². The van der Waals surface area contributed by atoms with Crippen LogP contribution < -0.4 is 20.9 Å². The molecule has 35 heavy (non-hydrogen) atoms. The Morgan fingerprint density at radius 3 is 2.40 bits per heavy atom. The lowest BCUT2D eigenvalue weighted by molar-refractivity contribution is -0.384. The Balaban J connectivity index is 1.47. The average molecular weight is 482 g/mol. The van der Waals surface area contributed by atoms with Crippen LogP contribution in [0.4, 0.5) is 27.5 Å². The van der Waals surface area contributed by atoms with Gasteiger partial charge in [0.1, 0.15) is 0 Å². The van der Waals surface area contributed by atoms with Crippen molar-refractivity contribution in [1.82, 2.24) is 5.32 Å². The van der Waals surface area contributed by atoms with Crippen molar-refractivity contribution in [3.63, 3.8) is 0 Å². The number of amides is 3. The lowest BCUT2D eigenvalue weighted by Crippen LogP contribution is -2.36. The van der Waals surface area contributed by atoms with E-state index >= 15 is 0 Å². The first kappa shape index (κ1) is 24.5. The molecule has 0 aromatic heterocycles. The number of urea groups is 1. The topological polar surface area (TPSA) is 126 Å². The van der Waals surface area contributed by atoms with Gasteiger partial charge in [-0.15, -0.1) is 0 Å². The van der Waals surface area contributed by atoms with E-state index in [1.54, 1.807) is 12.1 Å². The summed E-state index contributed by atoms with van der Waals surface area (Å²) in [6.45, 7) is 5.17. The van der Waals surface area contributed by atoms with Crippen molar-refractivity contribution in [3.8, 4) is 0 Å². The summed E-state index contributed by atoms with van der Waals surface area (Å²) in [6, 6.07) is 10.4. The molecule has 0 bridgehead atoms. The number of ether oxygens (including phenoxy) is 1. The van der Waals surface area contributed by atoms with Crippen molar-refractivity contribution in [2.45, 2.75) is 38.7 Å². The van der Waals surface area contributed by atoms with Gasteiger partial charge in [0.2, 0.25) is 0 Å². The van der Waals surface area contributed by atoms with Gasteiger partial charge in [0.25, 0.3) is 11.6 Å². The molecule has 2 saturated heterocycles. The monoisotopic (exact) mass is 481 g/mol. The highest BCUT2D eigenvalue weighted by molar-refractivity contribution is 6.04. The van der Waals surface area contributed by atoms with Gasteiger partial charge in [-0.3, -0.25) is 14.9 Å². The maximum absolute atomic E-state index is 13.2. The fraction of sp³-hybridized carbons (Fsp3) is 0.440. The molecule has 2 aromatic rings. The number of hydrogen-bond donors (Lipinski definition) is 3. The van der Waals surface area contributed by atoms with Crippen LogP contribution in [0.15, 0.2) is 42.5 Å². The Kier molecular flexibility index (Phi) is 7.81. The van der Waals surface area contributed by atoms with E-state index in [-0.39, 0.29) is 17.7 Å². The third kappa shape index (κ3) is 6.48. The van der Waals surface area contributed by atoms with E-state index < -0.39 is 11.0 Å². The number of rotatable bonds is 7. The van der Waals surface area contributed by atoms with Crippen molar-refractivity contribution in [2.75, 3.05) is 41.8 Å².